The predicted octanol–water partition coefficient (Wildman–Crippen LogP) is 5.37. The van der Waals surface area contributed by atoms with Gasteiger partial charge in [-0.05, 0) is 50.6 Å². The van der Waals surface area contributed by atoms with Crippen LogP contribution in [0.25, 0.3) is 10.9 Å². The lowest BCUT2D eigenvalue weighted by Crippen LogP contribution is -2.40. The number of benzene rings is 2. The zero-order valence-electron chi connectivity index (χ0n) is 18.7. The van der Waals surface area contributed by atoms with Gasteiger partial charge >= 0.3 is 6.03 Å². The molecule has 0 aliphatic heterocycles. The molecule has 0 saturated carbocycles. The van der Waals surface area contributed by atoms with E-state index in [4.69, 9.17) is 16.6 Å². The third-order valence-electron chi connectivity index (χ3n) is 5.45. The van der Waals surface area contributed by atoms with Gasteiger partial charge in [0.15, 0.2) is 0 Å². The third kappa shape index (κ3) is 5.31. The number of non-ortho nitro benzene ring substituents is 1. The van der Waals surface area contributed by atoms with E-state index in [1.165, 1.54) is 24.3 Å². The zero-order valence-corrected chi connectivity index (χ0v) is 19.5. The molecular formula is C23H26ClN5O4. The first kappa shape index (κ1) is 24.2. The Labute approximate surface area is 196 Å². The number of rotatable bonds is 8. The number of unbranched alkanes of at least 4 members (excludes halogenated alkanes) is 1. The molecule has 1 N–H and O–H groups in total. The van der Waals surface area contributed by atoms with Crippen molar-refractivity contribution in [2.75, 3.05) is 11.9 Å². The number of nitrogens with one attached hydrogen (secondary N) is 1. The molecule has 33 heavy (non-hydrogen) atoms. The second-order valence-corrected chi connectivity index (χ2v) is 8.07. The maximum Gasteiger partial charge on any atom is 0.322 e. The van der Waals surface area contributed by atoms with Crippen LogP contribution in [0.4, 0.5) is 16.2 Å². The summed E-state index contributed by atoms with van der Waals surface area (Å²) in [4.78, 5) is 43.0. The lowest BCUT2D eigenvalue weighted by molar-refractivity contribution is -0.384. The molecular weight excluding hydrogens is 446 g/mol. The van der Waals surface area contributed by atoms with Gasteiger partial charge in [0.05, 0.1) is 21.9 Å². The second-order valence-electron chi connectivity index (χ2n) is 7.64. The highest BCUT2D eigenvalue weighted by molar-refractivity contribution is 6.31. The van der Waals surface area contributed by atoms with Crippen LogP contribution in [-0.2, 0) is 6.54 Å². The Morgan fingerprint density at radius 2 is 1.94 bits per heavy atom. The van der Waals surface area contributed by atoms with Gasteiger partial charge < -0.3 is 10.2 Å². The number of nitro benzene ring substituents is 1. The molecule has 0 saturated heterocycles. The number of halogens is 1. The maximum atomic E-state index is 13.2. The van der Waals surface area contributed by atoms with Crippen molar-refractivity contribution < 1.29 is 9.72 Å². The number of fused-ring (bicyclic) bond motifs is 1. The van der Waals surface area contributed by atoms with Crippen LogP contribution in [0.2, 0.25) is 5.02 Å². The van der Waals surface area contributed by atoms with Gasteiger partial charge in [-0.2, -0.15) is 0 Å². The van der Waals surface area contributed by atoms with Gasteiger partial charge in [-0.25, -0.2) is 9.78 Å². The van der Waals surface area contributed by atoms with Crippen LogP contribution < -0.4 is 10.9 Å². The van der Waals surface area contributed by atoms with Crippen LogP contribution in [0, 0.1) is 10.1 Å². The van der Waals surface area contributed by atoms with Crippen LogP contribution in [0.1, 0.15) is 45.5 Å². The Kier molecular flexibility index (Phi) is 7.65. The molecule has 1 heterocycles. The maximum absolute atomic E-state index is 13.2. The van der Waals surface area contributed by atoms with Gasteiger partial charge in [0.25, 0.3) is 11.2 Å². The number of amides is 2. The van der Waals surface area contributed by atoms with Crippen molar-refractivity contribution in [1.82, 2.24) is 14.5 Å². The first-order chi connectivity index (χ1) is 15.8. The Morgan fingerprint density at radius 1 is 1.24 bits per heavy atom. The Bertz CT molecular complexity index is 1230. The number of hydrogen-bond donors (Lipinski definition) is 1. The number of nitro groups is 1. The number of hydrogen-bond acceptors (Lipinski definition) is 5. The van der Waals surface area contributed by atoms with Crippen molar-refractivity contribution in [1.29, 1.82) is 0 Å². The summed E-state index contributed by atoms with van der Waals surface area (Å²) in [5.41, 5.74) is 0.665. The van der Waals surface area contributed by atoms with E-state index >= 15 is 0 Å². The molecule has 0 radical (unpaired) electrons. The van der Waals surface area contributed by atoms with Gasteiger partial charge in [-0.3, -0.25) is 19.5 Å². The highest BCUT2D eigenvalue weighted by Crippen LogP contribution is 2.24. The molecule has 0 aliphatic rings. The Hall–Kier alpha value is -3.46. The van der Waals surface area contributed by atoms with Crippen LogP contribution in [-0.4, -0.2) is 32.0 Å². The predicted molar refractivity (Wildman–Crippen MR) is 129 cm³/mol. The van der Waals surface area contributed by atoms with E-state index in [1.807, 2.05) is 20.8 Å². The molecule has 1 unspecified atom stereocenters. The van der Waals surface area contributed by atoms with E-state index in [2.05, 4.69) is 5.32 Å². The molecule has 0 aliphatic carbocycles. The third-order valence-corrected chi connectivity index (χ3v) is 5.68. The molecule has 3 aromatic rings. The average Bonchev–Trinajstić information content (AvgIpc) is 2.79. The summed E-state index contributed by atoms with van der Waals surface area (Å²) in [7, 11) is 0. The number of urea groups is 1. The summed E-state index contributed by atoms with van der Waals surface area (Å²) < 4.78 is 1.57. The minimum atomic E-state index is -0.509. The van der Waals surface area contributed by atoms with Crippen molar-refractivity contribution >= 4 is 39.9 Å². The average molecular weight is 472 g/mol. The van der Waals surface area contributed by atoms with E-state index < -0.39 is 11.0 Å². The molecule has 2 aromatic carbocycles. The van der Waals surface area contributed by atoms with Crippen molar-refractivity contribution in [2.45, 2.75) is 46.2 Å². The van der Waals surface area contributed by atoms with Crippen LogP contribution in [0.15, 0.2) is 47.3 Å². The fourth-order valence-corrected chi connectivity index (χ4v) is 3.80. The molecule has 1 atom stereocenters. The minimum Gasteiger partial charge on any atom is -0.315 e. The van der Waals surface area contributed by atoms with Crippen molar-refractivity contribution in [2.24, 2.45) is 0 Å². The highest BCUT2D eigenvalue weighted by Gasteiger charge is 2.26. The van der Waals surface area contributed by atoms with E-state index in [0.29, 0.717) is 40.5 Å². The summed E-state index contributed by atoms with van der Waals surface area (Å²) in [6.45, 7) is 6.55. The quantitative estimate of drug-likeness (QED) is 0.350. The topological polar surface area (TPSA) is 110 Å². The normalized spacial score (nSPS) is 11.9. The summed E-state index contributed by atoms with van der Waals surface area (Å²) in [6.07, 6.45) is 1.63. The molecule has 0 fully saturated rings. The Morgan fingerprint density at radius 3 is 2.55 bits per heavy atom. The molecule has 9 nitrogen and oxygen atoms in total. The van der Waals surface area contributed by atoms with E-state index in [1.54, 1.807) is 27.7 Å². The summed E-state index contributed by atoms with van der Waals surface area (Å²) in [5.74, 6) is 0.465. The number of carbonyl (C=O) groups excluding carboxylic acids is 1. The van der Waals surface area contributed by atoms with Gasteiger partial charge in [0.2, 0.25) is 0 Å². The number of carbonyl (C=O) groups is 1. The smallest absolute Gasteiger partial charge is 0.315 e. The monoisotopic (exact) mass is 471 g/mol. The SMILES string of the molecule is CCCCN(C(=O)Nc1ccc([N+](=O)[O-])cc1)C(C)c1nc2cc(Cl)ccc2c(=O)n1CC. The zero-order chi connectivity index (χ0) is 24.1. The number of nitrogens with zero attached hydrogens (tertiary/aromatic N) is 4. The standard InChI is InChI=1S/C23H26ClN5O4/c1-4-6-13-28(23(31)25-17-8-10-18(11-9-17)29(32)33)15(3)21-26-20-14-16(24)7-12-19(20)22(30)27(21)5-2/h7-12,14-15H,4-6,13H2,1-3H3,(H,25,31). The van der Waals surface area contributed by atoms with Crippen molar-refractivity contribution in [3.63, 3.8) is 0 Å². The Balaban J connectivity index is 1.98. The number of anilines is 1. The molecule has 0 bridgehead atoms. The largest absolute Gasteiger partial charge is 0.322 e. The summed E-state index contributed by atoms with van der Waals surface area (Å²) >= 11 is 6.11. The molecule has 3 rings (SSSR count). The summed E-state index contributed by atoms with van der Waals surface area (Å²) in [6, 6.07) is 9.69. The van der Waals surface area contributed by atoms with Crippen LogP contribution in [0.5, 0.6) is 0 Å². The van der Waals surface area contributed by atoms with Gasteiger partial charge in [-0.1, -0.05) is 24.9 Å². The lowest BCUT2D eigenvalue weighted by atomic mass is 10.2. The lowest BCUT2D eigenvalue weighted by Gasteiger charge is -2.30. The highest BCUT2D eigenvalue weighted by atomic mass is 35.5. The van der Waals surface area contributed by atoms with Crippen LogP contribution in [0.3, 0.4) is 0 Å². The molecule has 10 heteroatoms. The minimum absolute atomic E-state index is 0.0600. The van der Waals surface area contributed by atoms with Crippen molar-refractivity contribution in [3.8, 4) is 0 Å². The van der Waals surface area contributed by atoms with Gasteiger partial charge in [0, 0.05) is 35.9 Å². The fraction of sp³-hybridized carbons (Fsp3) is 0.348. The fourth-order valence-electron chi connectivity index (χ4n) is 3.64. The molecule has 1 aromatic heterocycles. The molecule has 0 spiro atoms. The van der Waals surface area contributed by atoms with Crippen molar-refractivity contribution in [3.05, 3.63) is 73.8 Å². The van der Waals surface area contributed by atoms with E-state index in [9.17, 15) is 19.7 Å². The first-order valence-electron chi connectivity index (χ1n) is 10.8. The molecule has 2 amide bonds. The summed E-state index contributed by atoms with van der Waals surface area (Å²) in [5, 5.41) is 14.6. The number of aromatic nitrogens is 2. The van der Waals surface area contributed by atoms with E-state index in [0.717, 1.165) is 12.8 Å². The van der Waals surface area contributed by atoms with Gasteiger partial charge in [-0.15, -0.1) is 0 Å². The first-order valence-corrected chi connectivity index (χ1v) is 11.2. The van der Waals surface area contributed by atoms with Gasteiger partial charge in [0.1, 0.15) is 5.82 Å². The van der Waals surface area contributed by atoms with E-state index in [-0.39, 0.29) is 17.3 Å². The second kappa shape index (κ2) is 10.4. The molecule has 174 valence electrons. The van der Waals surface area contributed by atoms with Crippen LogP contribution >= 0.6 is 11.6 Å².